The van der Waals surface area contributed by atoms with E-state index in [1.165, 1.54) is 11.9 Å². The highest BCUT2D eigenvalue weighted by atomic mass is 16.3. The maximum Gasteiger partial charge on any atom is 0.119 e. The number of hydrogen-bond acceptors (Lipinski definition) is 4. The lowest BCUT2D eigenvalue weighted by molar-refractivity contribution is 0.429. The Bertz CT molecular complexity index is 557. The van der Waals surface area contributed by atoms with Gasteiger partial charge in [-0.25, -0.2) is 9.97 Å². The highest BCUT2D eigenvalue weighted by molar-refractivity contribution is 5.42. The van der Waals surface area contributed by atoms with Gasteiger partial charge in [-0.15, -0.1) is 0 Å². The minimum absolute atomic E-state index is 0.302. The maximum absolute atomic E-state index is 9.91. The summed E-state index contributed by atoms with van der Waals surface area (Å²) in [5.74, 6) is 0.423. The number of fused-ring (bicyclic) bond motifs is 1. The summed E-state index contributed by atoms with van der Waals surface area (Å²) in [6.45, 7) is 0.751. The number of phenols is 1. The molecule has 4 heteroatoms. The fourth-order valence-electron chi connectivity index (χ4n) is 2.70. The summed E-state index contributed by atoms with van der Waals surface area (Å²) in [4.78, 5) is 8.03. The highest BCUT2D eigenvalue weighted by Gasteiger charge is 2.21. The van der Waals surface area contributed by atoms with E-state index in [1.807, 2.05) is 18.5 Å². The molecule has 4 nitrogen and oxygen atoms in total. The normalized spacial score (nSPS) is 18.0. The van der Waals surface area contributed by atoms with Crippen LogP contribution in [0.15, 0.2) is 36.9 Å². The Labute approximate surface area is 112 Å². The molecule has 0 unspecified atom stereocenters. The molecule has 1 heterocycles. The lowest BCUT2D eigenvalue weighted by Gasteiger charge is -2.27. The van der Waals surface area contributed by atoms with E-state index in [1.54, 1.807) is 6.07 Å². The number of nitrogens with zero attached hydrogens (tertiary/aromatic N) is 2. The second-order valence-corrected chi connectivity index (χ2v) is 4.92. The third kappa shape index (κ3) is 2.58. The van der Waals surface area contributed by atoms with Gasteiger partial charge in [0.1, 0.15) is 12.1 Å². The van der Waals surface area contributed by atoms with Crippen molar-refractivity contribution in [3.8, 4) is 5.75 Å². The summed E-state index contributed by atoms with van der Waals surface area (Å²) in [6.07, 6.45) is 8.36. The zero-order valence-electron chi connectivity index (χ0n) is 10.7. The van der Waals surface area contributed by atoms with Crippen molar-refractivity contribution in [2.24, 2.45) is 0 Å². The van der Waals surface area contributed by atoms with Crippen LogP contribution in [0, 0.1) is 0 Å². The van der Waals surface area contributed by atoms with Crippen molar-refractivity contribution >= 4 is 0 Å². The van der Waals surface area contributed by atoms with Crippen LogP contribution < -0.4 is 5.32 Å². The lowest BCUT2D eigenvalue weighted by atomic mass is 9.87. The van der Waals surface area contributed by atoms with Crippen LogP contribution in [0.4, 0.5) is 0 Å². The van der Waals surface area contributed by atoms with E-state index < -0.39 is 0 Å². The topological polar surface area (TPSA) is 58.0 Å². The predicted octanol–water partition coefficient (Wildman–Crippen LogP) is 2.35. The third-order valence-electron chi connectivity index (χ3n) is 3.65. The Balaban J connectivity index is 1.75. The fourth-order valence-corrected chi connectivity index (χ4v) is 2.70. The second kappa shape index (κ2) is 5.36. The van der Waals surface area contributed by atoms with E-state index in [9.17, 15) is 5.11 Å². The van der Waals surface area contributed by atoms with Crippen LogP contribution in [-0.2, 0) is 13.0 Å². The average Bonchev–Trinajstić information content (AvgIpc) is 2.47. The van der Waals surface area contributed by atoms with Crippen molar-refractivity contribution in [2.75, 3.05) is 0 Å². The summed E-state index contributed by atoms with van der Waals surface area (Å²) in [6, 6.07) is 6.09. The Morgan fingerprint density at radius 1 is 1.26 bits per heavy atom. The van der Waals surface area contributed by atoms with E-state index in [0.717, 1.165) is 36.9 Å². The molecule has 0 saturated heterocycles. The zero-order valence-corrected chi connectivity index (χ0v) is 10.7. The molecule has 1 aliphatic carbocycles. The van der Waals surface area contributed by atoms with E-state index in [4.69, 9.17) is 0 Å². The molecule has 0 spiro atoms. The minimum Gasteiger partial charge on any atom is -0.508 e. The van der Waals surface area contributed by atoms with Gasteiger partial charge >= 0.3 is 0 Å². The first kappa shape index (κ1) is 12.1. The molecule has 2 aromatic rings. The Hall–Kier alpha value is -1.94. The van der Waals surface area contributed by atoms with E-state index in [-0.39, 0.29) is 0 Å². The molecule has 1 aromatic heterocycles. The van der Waals surface area contributed by atoms with Crippen LogP contribution in [0.3, 0.4) is 0 Å². The van der Waals surface area contributed by atoms with Gasteiger partial charge in [0.15, 0.2) is 0 Å². The molecule has 2 N–H and O–H groups in total. The number of aromatic hydroxyl groups is 1. The zero-order chi connectivity index (χ0) is 13.1. The first-order chi connectivity index (χ1) is 9.34. The molecule has 98 valence electrons. The van der Waals surface area contributed by atoms with E-state index in [2.05, 4.69) is 21.4 Å². The van der Waals surface area contributed by atoms with Crippen LogP contribution in [0.25, 0.3) is 0 Å². The van der Waals surface area contributed by atoms with Crippen LogP contribution in [0.1, 0.15) is 35.6 Å². The molecule has 0 saturated carbocycles. The summed E-state index contributed by atoms with van der Waals surface area (Å²) in [5, 5.41) is 13.4. The average molecular weight is 255 g/mol. The van der Waals surface area contributed by atoms with Crippen molar-refractivity contribution < 1.29 is 5.11 Å². The van der Waals surface area contributed by atoms with Gasteiger partial charge in [-0.05, 0) is 36.5 Å². The predicted molar refractivity (Wildman–Crippen MR) is 72.7 cm³/mol. The van der Waals surface area contributed by atoms with Crippen molar-refractivity contribution in [1.29, 1.82) is 0 Å². The van der Waals surface area contributed by atoms with Crippen LogP contribution in [-0.4, -0.2) is 15.1 Å². The SMILES string of the molecule is Oc1cccc2c1CCC[C@H]2NCc1cncnc1. The number of rotatable bonds is 3. The summed E-state index contributed by atoms with van der Waals surface area (Å²) < 4.78 is 0. The largest absolute Gasteiger partial charge is 0.508 e. The van der Waals surface area contributed by atoms with Gasteiger partial charge in [-0.2, -0.15) is 0 Å². The first-order valence-corrected chi connectivity index (χ1v) is 6.62. The molecule has 0 radical (unpaired) electrons. The molecule has 1 aromatic carbocycles. The molecule has 19 heavy (non-hydrogen) atoms. The lowest BCUT2D eigenvalue weighted by Crippen LogP contribution is -2.25. The standard InChI is InChI=1S/C15H17N3O/c19-15-6-2-3-12-13(15)4-1-5-14(12)18-9-11-7-16-10-17-8-11/h2-3,6-8,10,14,18-19H,1,4-5,9H2/t14-/m1/s1. The number of aromatic nitrogens is 2. The smallest absolute Gasteiger partial charge is 0.119 e. The molecule has 0 bridgehead atoms. The molecular formula is C15H17N3O. The Morgan fingerprint density at radius 3 is 2.95 bits per heavy atom. The van der Waals surface area contributed by atoms with Gasteiger partial charge in [0.2, 0.25) is 0 Å². The van der Waals surface area contributed by atoms with Gasteiger partial charge in [0.05, 0.1) is 0 Å². The van der Waals surface area contributed by atoms with Crippen molar-refractivity contribution in [1.82, 2.24) is 15.3 Å². The number of benzene rings is 1. The molecule has 0 aliphatic heterocycles. The molecule has 1 aliphatic rings. The Morgan fingerprint density at radius 2 is 2.11 bits per heavy atom. The minimum atomic E-state index is 0.302. The monoisotopic (exact) mass is 255 g/mol. The summed E-state index contributed by atoms with van der Waals surface area (Å²) in [5.41, 5.74) is 3.40. The van der Waals surface area contributed by atoms with Gasteiger partial charge in [0.25, 0.3) is 0 Å². The molecular weight excluding hydrogens is 238 g/mol. The van der Waals surface area contributed by atoms with E-state index in [0.29, 0.717) is 11.8 Å². The number of phenolic OH excluding ortho intramolecular Hbond substituents is 1. The Kier molecular flexibility index (Phi) is 3.42. The highest BCUT2D eigenvalue weighted by Crippen LogP contribution is 2.34. The molecule has 0 fully saturated rings. The van der Waals surface area contributed by atoms with Crippen molar-refractivity contribution in [3.63, 3.8) is 0 Å². The molecule has 1 atom stereocenters. The number of nitrogens with one attached hydrogen (secondary N) is 1. The molecule has 0 amide bonds. The van der Waals surface area contributed by atoms with Crippen LogP contribution >= 0.6 is 0 Å². The summed E-state index contributed by atoms with van der Waals surface area (Å²) in [7, 11) is 0. The first-order valence-electron chi connectivity index (χ1n) is 6.62. The van der Waals surface area contributed by atoms with Crippen molar-refractivity contribution in [2.45, 2.75) is 31.8 Å². The fraction of sp³-hybridized carbons (Fsp3) is 0.333. The quantitative estimate of drug-likeness (QED) is 0.884. The van der Waals surface area contributed by atoms with E-state index >= 15 is 0 Å². The summed E-state index contributed by atoms with van der Waals surface area (Å²) >= 11 is 0. The third-order valence-corrected chi connectivity index (χ3v) is 3.65. The van der Waals surface area contributed by atoms with Crippen LogP contribution in [0.5, 0.6) is 5.75 Å². The second-order valence-electron chi connectivity index (χ2n) is 4.92. The van der Waals surface area contributed by atoms with Gasteiger partial charge in [-0.3, -0.25) is 0 Å². The number of hydrogen-bond donors (Lipinski definition) is 2. The maximum atomic E-state index is 9.91. The van der Waals surface area contributed by atoms with Crippen LogP contribution in [0.2, 0.25) is 0 Å². The van der Waals surface area contributed by atoms with Gasteiger partial charge < -0.3 is 10.4 Å². The molecule has 3 rings (SSSR count). The van der Waals surface area contributed by atoms with Gasteiger partial charge in [-0.1, -0.05) is 12.1 Å². The van der Waals surface area contributed by atoms with Crippen molar-refractivity contribution in [3.05, 3.63) is 53.6 Å². The van der Waals surface area contributed by atoms with Gasteiger partial charge in [0, 0.05) is 30.5 Å².